The van der Waals surface area contributed by atoms with Crippen molar-refractivity contribution >= 4 is 19.9 Å². The van der Waals surface area contributed by atoms with Crippen molar-refractivity contribution in [3.63, 3.8) is 0 Å². The number of hydrogen-bond acceptors (Lipinski definition) is 6. The Hall–Kier alpha value is -1.32. The van der Waals surface area contributed by atoms with Crippen LogP contribution in [0.15, 0.2) is 23.1 Å². The first-order valence-electron chi connectivity index (χ1n) is 6.57. The van der Waals surface area contributed by atoms with Crippen LogP contribution in [0.5, 0.6) is 11.5 Å². The van der Waals surface area contributed by atoms with Crippen molar-refractivity contribution in [1.29, 1.82) is 0 Å². The third kappa shape index (κ3) is 3.53. The van der Waals surface area contributed by atoms with Crippen LogP contribution in [0.25, 0.3) is 0 Å². The Morgan fingerprint density at radius 3 is 2.32 bits per heavy atom. The quantitative estimate of drug-likeness (QED) is 0.834. The maximum Gasteiger partial charge on any atom is 0.241 e. The lowest BCUT2D eigenvalue weighted by molar-refractivity contribution is 0.353. The highest BCUT2D eigenvalue weighted by Gasteiger charge is 2.41. The molecule has 1 atom stereocenters. The van der Waals surface area contributed by atoms with Crippen LogP contribution >= 0.6 is 0 Å². The zero-order valence-electron chi connectivity index (χ0n) is 12.6. The van der Waals surface area contributed by atoms with E-state index in [1.54, 1.807) is 6.92 Å². The summed E-state index contributed by atoms with van der Waals surface area (Å²) in [6.45, 7) is 1.59. The topological polar surface area (TPSA) is 98.8 Å². The van der Waals surface area contributed by atoms with Crippen molar-refractivity contribution in [2.75, 3.05) is 25.7 Å². The number of sulfone groups is 1. The van der Waals surface area contributed by atoms with Crippen LogP contribution in [-0.4, -0.2) is 48.1 Å². The molecule has 0 aromatic heterocycles. The average Bonchev–Trinajstić information content (AvgIpc) is 2.70. The number of sulfonamides is 1. The van der Waals surface area contributed by atoms with E-state index < -0.39 is 25.4 Å². The molecule has 1 heterocycles. The van der Waals surface area contributed by atoms with E-state index in [0.717, 1.165) is 0 Å². The van der Waals surface area contributed by atoms with Crippen LogP contribution in [-0.2, 0) is 19.9 Å². The lowest BCUT2D eigenvalue weighted by Crippen LogP contribution is -2.46. The summed E-state index contributed by atoms with van der Waals surface area (Å²) in [5, 5.41) is 0. The molecule has 0 saturated carbocycles. The molecule has 1 aliphatic rings. The average molecular weight is 349 g/mol. The largest absolute Gasteiger partial charge is 0.493 e. The van der Waals surface area contributed by atoms with Crippen LogP contribution in [0.2, 0.25) is 0 Å². The van der Waals surface area contributed by atoms with E-state index in [1.807, 2.05) is 0 Å². The van der Waals surface area contributed by atoms with E-state index in [4.69, 9.17) is 9.47 Å². The molecule has 0 unspecified atom stereocenters. The maximum absolute atomic E-state index is 12.5. The van der Waals surface area contributed by atoms with Crippen LogP contribution in [0.3, 0.4) is 0 Å². The first-order chi connectivity index (χ1) is 10.1. The molecule has 2 rings (SSSR count). The van der Waals surface area contributed by atoms with Crippen LogP contribution < -0.4 is 14.2 Å². The second kappa shape index (κ2) is 5.71. The van der Waals surface area contributed by atoms with Crippen molar-refractivity contribution in [2.24, 2.45) is 0 Å². The Bertz CT molecular complexity index is 772. The molecule has 22 heavy (non-hydrogen) atoms. The van der Waals surface area contributed by atoms with Crippen molar-refractivity contribution < 1.29 is 26.3 Å². The van der Waals surface area contributed by atoms with Gasteiger partial charge < -0.3 is 9.47 Å². The van der Waals surface area contributed by atoms with Crippen LogP contribution in [0.1, 0.15) is 13.3 Å². The van der Waals surface area contributed by atoms with Gasteiger partial charge in [-0.3, -0.25) is 0 Å². The summed E-state index contributed by atoms with van der Waals surface area (Å²) in [6, 6.07) is 4.21. The summed E-state index contributed by atoms with van der Waals surface area (Å²) in [5.74, 6) is 0.482. The number of rotatable bonds is 5. The smallest absolute Gasteiger partial charge is 0.241 e. The summed E-state index contributed by atoms with van der Waals surface area (Å²) >= 11 is 0. The molecule has 7 nitrogen and oxygen atoms in total. The summed E-state index contributed by atoms with van der Waals surface area (Å²) in [5.41, 5.74) is -0.995. The predicted octanol–water partition coefficient (Wildman–Crippen LogP) is 0.559. The summed E-state index contributed by atoms with van der Waals surface area (Å²) < 4.78 is 60.7. The van der Waals surface area contributed by atoms with E-state index in [2.05, 4.69) is 4.72 Å². The SMILES string of the molecule is COc1ccc(S(=O)(=O)N[C@]2(C)CCS(=O)(=O)C2)cc1OC. The van der Waals surface area contributed by atoms with Gasteiger partial charge in [-0.15, -0.1) is 0 Å². The molecule has 1 aromatic carbocycles. The summed E-state index contributed by atoms with van der Waals surface area (Å²) in [7, 11) is -4.20. The third-order valence-corrected chi connectivity index (χ3v) is 7.09. The number of benzene rings is 1. The molecule has 124 valence electrons. The fourth-order valence-corrected chi connectivity index (χ4v) is 6.09. The van der Waals surface area contributed by atoms with Gasteiger partial charge in [0.1, 0.15) is 0 Å². The second-order valence-corrected chi connectivity index (χ2v) is 9.39. The zero-order valence-corrected chi connectivity index (χ0v) is 14.3. The van der Waals surface area contributed by atoms with Crippen LogP contribution in [0, 0.1) is 0 Å². The first kappa shape index (κ1) is 17.0. The van der Waals surface area contributed by atoms with Crippen molar-refractivity contribution in [3.05, 3.63) is 18.2 Å². The highest BCUT2D eigenvalue weighted by Crippen LogP contribution is 2.31. The molecule has 9 heteroatoms. The van der Waals surface area contributed by atoms with Gasteiger partial charge in [0.15, 0.2) is 21.3 Å². The molecule has 0 amide bonds. The minimum atomic E-state index is -3.86. The predicted molar refractivity (Wildman–Crippen MR) is 81.5 cm³/mol. The summed E-state index contributed by atoms with van der Waals surface area (Å²) in [4.78, 5) is -0.00401. The first-order valence-corrected chi connectivity index (χ1v) is 9.88. The Labute approximate surface area is 130 Å². The highest BCUT2D eigenvalue weighted by atomic mass is 32.2. The minimum Gasteiger partial charge on any atom is -0.493 e. The van der Waals surface area contributed by atoms with E-state index in [-0.39, 0.29) is 28.6 Å². The van der Waals surface area contributed by atoms with Crippen molar-refractivity contribution in [3.8, 4) is 11.5 Å². The lowest BCUT2D eigenvalue weighted by Gasteiger charge is -2.23. The van der Waals surface area contributed by atoms with Gasteiger partial charge in [-0.1, -0.05) is 0 Å². The molecular weight excluding hydrogens is 330 g/mol. The third-order valence-electron chi connectivity index (χ3n) is 3.55. The van der Waals surface area contributed by atoms with E-state index in [1.165, 1.54) is 32.4 Å². The standard InChI is InChI=1S/C13H19NO6S2/c1-13(6-7-21(15,16)9-13)14-22(17,18)10-4-5-11(19-2)12(8-10)20-3/h4-5,8,14H,6-7,9H2,1-3H3/t13-/m1/s1. The lowest BCUT2D eigenvalue weighted by atomic mass is 10.0. The molecule has 1 aromatic rings. The molecular formula is C13H19NO6S2. The normalized spacial score (nSPS) is 24.1. The van der Waals surface area contributed by atoms with E-state index in [0.29, 0.717) is 5.75 Å². The molecule has 1 saturated heterocycles. The second-order valence-electron chi connectivity index (χ2n) is 5.52. The molecule has 0 bridgehead atoms. The van der Waals surface area contributed by atoms with Gasteiger partial charge in [0.25, 0.3) is 0 Å². The van der Waals surface area contributed by atoms with Crippen molar-refractivity contribution in [2.45, 2.75) is 23.8 Å². The Kier molecular flexibility index (Phi) is 4.42. The van der Waals surface area contributed by atoms with Gasteiger partial charge in [-0.2, -0.15) is 0 Å². The summed E-state index contributed by atoms with van der Waals surface area (Å²) in [6.07, 6.45) is 0.252. The molecule has 0 spiro atoms. The van der Waals surface area contributed by atoms with Gasteiger partial charge in [0, 0.05) is 11.6 Å². The molecule has 1 aliphatic heterocycles. The Morgan fingerprint density at radius 2 is 1.82 bits per heavy atom. The Morgan fingerprint density at radius 1 is 1.18 bits per heavy atom. The number of ether oxygens (including phenoxy) is 2. The molecule has 0 aliphatic carbocycles. The van der Waals surface area contributed by atoms with Gasteiger partial charge in [0.05, 0.1) is 30.6 Å². The van der Waals surface area contributed by atoms with Crippen molar-refractivity contribution in [1.82, 2.24) is 4.72 Å². The number of nitrogens with one attached hydrogen (secondary N) is 1. The maximum atomic E-state index is 12.5. The highest BCUT2D eigenvalue weighted by molar-refractivity contribution is 7.92. The molecule has 1 fully saturated rings. The number of methoxy groups -OCH3 is 2. The van der Waals surface area contributed by atoms with E-state index in [9.17, 15) is 16.8 Å². The fourth-order valence-electron chi connectivity index (χ4n) is 2.46. The van der Waals surface area contributed by atoms with Crippen LogP contribution in [0.4, 0.5) is 0 Å². The zero-order chi connectivity index (χ0) is 16.6. The minimum absolute atomic E-state index is 0.00401. The fraction of sp³-hybridized carbons (Fsp3) is 0.538. The van der Waals surface area contributed by atoms with Gasteiger partial charge >= 0.3 is 0 Å². The monoisotopic (exact) mass is 349 g/mol. The molecule has 0 radical (unpaired) electrons. The van der Waals surface area contributed by atoms with Gasteiger partial charge in [-0.25, -0.2) is 21.6 Å². The van der Waals surface area contributed by atoms with Gasteiger partial charge in [-0.05, 0) is 25.5 Å². The Balaban J connectivity index is 2.32. The van der Waals surface area contributed by atoms with Gasteiger partial charge in [0.2, 0.25) is 10.0 Å². The number of hydrogen-bond donors (Lipinski definition) is 1. The molecule has 1 N–H and O–H groups in total. The van der Waals surface area contributed by atoms with E-state index >= 15 is 0 Å².